The Morgan fingerprint density at radius 3 is 1.98 bits per heavy atom. The van der Waals surface area contributed by atoms with Gasteiger partial charge in [-0.3, -0.25) is 0 Å². The molecule has 2 fully saturated rings. The van der Waals surface area contributed by atoms with Crippen LogP contribution in [0.25, 0.3) is 17.2 Å². The lowest BCUT2D eigenvalue weighted by molar-refractivity contribution is -0.131. The number of benzene rings is 3. The van der Waals surface area contributed by atoms with Crippen molar-refractivity contribution in [2.24, 2.45) is 17.8 Å². The number of unbranched alkanes of at least 4 members (excludes halogenated alkanes) is 2. The third-order valence-corrected chi connectivity index (χ3v) is 9.99. The lowest BCUT2D eigenvalue weighted by Crippen LogP contribution is -2.25. The van der Waals surface area contributed by atoms with Gasteiger partial charge in [0.2, 0.25) is 0 Å². The molecule has 0 unspecified atom stereocenters. The van der Waals surface area contributed by atoms with E-state index in [-0.39, 0.29) is 22.6 Å². The van der Waals surface area contributed by atoms with Crippen molar-refractivity contribution < 1.29 is 35.5 Å². The second-order valence-corrected chi connectivity index (χ2v) is 13.1. The largest absolute Gasteiger partial charge is 0.429 e. The second kappa shape index (κ2) is 15.1. The molecular weight excluding hydrogens is 605 g/mol. The Labute approximate surface area is 266 Å². The van der Waals surface area contributed by atoms with Gasteiger partial charge in [0.25, 0.3) is 0 Å². The first kappa shape index (κ1) is 34.1. The van der Waals surface area contributed by atoms with E-state index in [1.54, 1.807) is 6.07 Å². The molecule has 0 spiro atoms. The maximum Gasteiger partial charge on any atom is 0.419 e. The Bertz CT molecular complexity index is 1480. The van der Waals surface area contributed by atoms with Crippen molar-refractivity contribution in [2.75, 3.05) is 0 Å². The third kappa shape index (κ3) is 8.54. The number of hydrogen-bond donors (Lipinski definition) is 0. The fourth-order valence-electron chi connectivity index (χ4n) is 7.37. The highest BCUT2D eigenvalue weighted by molar-refractivity contribution is 5.65. The molecule has 5 rings (SSSR count). The van der Waals surface area contributed by atoms with E-state index in [9.17, 15) is 30.7 Å². The van der Waals surface area contributed by atoms with E-state index in [2.05, 4.69) is 11.7 Å². The minimum atomic E-state index is -3.92. The zero-order valence-corrected chi connectivity index (χ0v) is 26.1. The molecule has 2 aliphatic rings. The van der Waals surface area contributed by atoms with Gasteiger partial charge in [-0.05, 0) is 110 Å². The SMILES string of the molecule is CCCCCC1CCC(C2CCC(c3ccc(C=CC(F)(F)Oc4ccc(-c5cc(F)c(F)c(F)c5)c(F)c4)c(F)c3)CC2)CC1. The number of ether oxygens (including phenoxy) is 1. The van der Waals surface area contributed by atoms with Crippen LogP contribution >= 0.6 is 0 Å². The van der Waals surface area contributed by atoms with Crippen LogP contribution < -0.4 is 4.74 Å². The van der Waals surface area contributed by atoms with E-state index < -0.39 is 40.9 Å². The molecule has 0 bridgehead atoms. The molecule has 8 heteroatoms. The molecule has 248 valence electrons. The van der Waals surface area contributed by atoms with E-state index >= 15 is 0 Å². The summed E-state index contributed by atoms with van der Waals surface area (Å²) in [5.74, 6) is -4.33. The van der Waals surface area contributed by atoms with Crippen molar-refractivity contribution in [3.05, 3.63) is 94.8 Å². The Hall–Kier alpha value is -3.29. The molecule has 0 N–H and O–H groups in total. The highest BCUT2D eigenvalue weighted by Gasteiger charge is 2.32. The van der Waals surface area contributed by atoms with Gasteiger partial charge in [0, 0.05) is 23.3 Å². The second-order valence-electron chi connectivity index (χ2n) is 13.1. The summed E-state index contributed by atoms with van der Waals surface area (Å²) in [7, 11) is 0. The van der Waals surface area contributed by atoms with Crippen molar-refractivity contribution in [3.8, 4) is 16.9 Å². The molecular formula is C38H41F7O. The standard InChI is InChI=1S/C38H41F7O/c1-2-3-4-5-24-6-8-25(9-7-24)26-10-12-27(13-11-26)29-15-14-28(33(39)20-29)18-19-38(44,45)46-31-16-17-32(34(40)23-31)30-21-35(41)37(43)36(42)22-30/h14-27H,2-13H2,1H3. The molecule has 0 amide bonds. The minimum absolute atomic E-state index is 0.0294. The monoisotopic (exact) mass is 646 g/mol. The lowest BCUT2D eigenvalue weighted by atomic mass is 9.68. The summed E-state index contributed by atoms with van der Waals surface area (Å²) in [6.07, 6.45) is 12.4. The van der Waals surface area contributed by atoms with E-state index in [1.165, 1.54) is 63.5 Å². The number of hydrogen-bond acceptors (Lipinski definition) is 1. The first-order chi connectivity index (χ1) is 22.0. The summed E-state index contributed by atoms with van der Waals surface area (Å²) in [5, 5.41) is 0. The molecule has 2 saturated carbocycles. The van der Waals surface area contributed by atoms with Crippen molar-refractivity contribution >= 4 is 6.08 Å². The van der Waals surface area contributed by atoms with Gasteiger partial charge in [0.1, 0.15) is 17.4 Å². The zero-order chi connectivity index (χ0) is 32.8. The zero-order valence-electron chi connectivity index (χ0n) is 26.1. The maximum atomic E-state index is 15.0. The Kier molecular flexibility index (Phi) is 11.2. The molecule has 3 aromatic rings. The number of halogens is 7. The average Bonchev–Trinajstić information content (AvgIpc) is 3.03. The van der Waals surface area contributed by atoms with Gasteiger partial charge >= 0.3 is 6.11 Å². The van der Waals surface area contributed by atoms with Crippen LogP contribution in [0.1, 0.15) is 101 Å². The van der Waals surface area contributed by atoms with Crippen LogP contribution in [0, 0.1) is 46.8 Å². The van der Waals surface area contributed by atoms with Crippen LogP contribution in [-0.2, 0) is 0 Å². The molecule has 0 radical (unpaired) electrons. The Morgan fingerprint density at radius 1 is 0.717 bits per heavy atom. The van der Waals surface area contributed by atoms with E-state index in [0.29, 0.717) is 24.3 Å². The molecule has 3 aromatic carbocycles. The first-order valence-electron chi connectivity index (χ1n) is 16.5. The molecule has 0 aromatic heterocycles. The van der Waals surface area contributed by atoms with Crippen molar-refractivity contribution in [2.45, 2.75) is 96.0 Å². The first-order valence-corrected chi connectivity index (χ1v) is 16.5. The van der Waals surface area contributed by atoms with Gasteiger partial charge < -0.3 is 4.74 Å². The van der Waals surface area contributed by atoms with Gasteiger partial charge in [0.05, 0.1) is 0 Å². The van der Waals surface area contributed by atoms with Gasteiger partial charge in [-0.15, -0.1) is 0 Å². The van der Waals surface area contributed by atoms with Crippen LogP contribution in [0.3, 0.4) is 0 Å². The minimum Gasteiger partial charge on any atom is -0.429 e. The summed E-state index contributed by atoms with van der Waals surface area (Å²) in [6, 6.07) is 8.51. The van der Waals surface area contributed by atoms with Crippen LogP contribution in [0.2, 0.25) is 0 Å². The normalized spacial score (nSPS) is 22.3. The van der Waals surface area contributed by atoms with Crippen molar-refractivity contribution in [1.29, 1.82) is 0 Å². The van der Waals surface area contributed by atoms with E-state index in [1.807, 2.05) is 0 Å². The van der Waals surface area contributed by atoms with Crippen molar-refractivity contribution in [3.63, 3.8) is 0 Å². The molecule has 0 saturated heterocycles. The van der Waals surface area contributed by atoms with Gasteiger partial charge in [-0.25, -0.2) is 22.0 Å². The molecule has 2 aliphatic carbocycles. The van der Waals surface area contributed by atoms with Crippen LogP contribution in [0.5, 0.6) is 5.75 Å². The van der Waals surface area contributed by atoms with E-state index in [4.69, 9.17) is 0 Å². The Balaban J connectivity index is 1.14. The molecule has 0 heterocycles. The van der Waals surface area contributed by atoms with Gasteiger partial charge in [-0.1, -0.05) is 57.6 Å². The molecule has 46 heavy (non-hydrogen) atoms. The van der Waals surface area contributed by atoms with Crippen LogP contribution in [-0.4, -0.2) is 6.11 Å². The van der Waals surface area contributed by atoms with E-state index in [0.717, 1.165) is 67.2 Å². The summed E-state index contributed by atoms with van der Waals surface area (Å²) in [5.41, 5.74) is 0.208. The lowest BCUT2D eigenvalue weighted by Gasteiger charge is -2.38. The number of rotatable bonds is 11. The topological polar surface area (TPSA) is 9.23 Å². The average molecular weight is 647 g/mol. The molecule has 0 aliphatic heterocycles. The summed E-state index contributed by atoms with van der Waals surface area (Å²) in [4.78, 5) is 0. The summed E-state index contributed by atoms with van der Waals surface area (Å²) < 4.78 is 104. The molecule has 0 atom stereocenters. The fraction of sp³-hybridized carbons (Fsp3) is 0.474. The predicted molar refractivity (Wildman–Crippen MR) is 167 cm³/mol. The van der Waals surface area contributed by atoms with Gasteiger partial charge in [0.15, 0.2) is 17.5 Å². The Morgan fingerprint density at radius 2 is 1.37 bits per heavy atom. The highest BCUT2D eigenvalue weighted by atomic mass is 19.3. The summed E-state index contributed by atoms with van der Waals surface area (Å²) >= 11 is 0. The van der Waals surface area contributed by atoms with Crippen LogP contribution in [0.4, 0.5) is 30.7 Å². The van der Waals surface area contributed by atoms with Crippen molar-refractivity contribution in [1.82, 2.24) is 0 Å². The predicted octanol–water partition coefficient (Wildman–Crippen LogP) is 12.4. The smallest absolute Gasteiger partial charge is 0.419 e. The molecule has 1 nitrogen and oxygen atoms in total. The third-order valence-electron chi connectivity index (χ3n) is 9.99. The fourth-order valence-corrected chi connectivity index (χ4v) is 7.37. The maximum absolute atomic E-state index is 15.0. The summed E-state index contributed by atoms with van der Waals surface area (Å²) in [6.45, 7) is 2.25. The quantitative estimate of drug-likeness (QED) is 0.114. The van der Waals surface area contributed by atoms with Crippen LogP contribution in [0.15, 0.2) is 54.6 Å². The van der Waals surface area contributed by atoms with Gasteiger partial charge in [-0.2, -0.15) is 8.78 Å². The number of alkyl halides is 2. The highest BCUT2D eigenvalue weighted by Crippen LogP contribution is 2.45.